The number of aromatic nitrogens is 1. The van der Waals surface area contributed by atoms with Crippen LogP contribution in [0, 0.1) is 11.3 Å². The van der Waals surface area contributed by atoms with Crippen LogP contribution < -0.4 is 0 Å². The maximum Gasteiger partial charge on any atom is 0.254 e. The molecular formula is C30H31N5O2. The van der Waals surface area contributed by atoms with E-state index in [1.807, 2.05) is 83.8 Å². The first-order valence-electron chi connectivity index (χ1n) is 12.9. The Labute approximate surface area is 217 Å². The average Bonchev–Trinajstić information content (AvgIpc) is 2.98. The van der Waals surface area contributed by atoms with E-state index in [2.05, 4.69) is 4.90 Å². The molecule has 5 rings (SSSR count). The Bertz CT molecular complexity index is 1210. The van der Waals surface area contributed by atoms with Gasteiger partial charge in [0.2, 0.25) is 5.91 Å². The molecule has 188 valence electrons. The molecule has 37 heavy (non-hydrogen) atoms. The molecule has 0 aliphatic carbocycles. The topological polar surface area (TPSA) is 80.5 Å². The minimum Gasteiger partial charge on any atom is -0.342 e. The van der Waals surface area contributed by atoms with Gasteiger partial charge in [-0.15, -0.1) is 0 Å². The second-order valence-electron chi connectivity index (χ2n) is 9.63. The lowest BCUT2D eigenvalue weighted by molar-refractivity contribution is -0.131. The van der Waals surface area contributed by atoms with Gasteiger partial charge in [0.1, 0.15) is 6.42 Å². The van der Waals surface area contributed by atoms with Gasteiger partial charge in [0, 0.05) is 62.0 Å². The summed E-state index contributed by atoms with van der Waals surface area (Å²) in [4.78, 5) is 36.7. The van der Waals surface area contributed by atoms with Gasteiger partial charge < -0.3 is 9.80 Å². The SMILES string of the molecule is N#CCC(=O)N1CCC(N2CCN(C(=O)c3cc(-c4ccccc4)nc(-c4ccccc4)c3)CC2)CC1. The molecule has 1 aromatic heterocycles. The number of piperazine rings is 1. The minimum atomic E-state index is -0.0709. The van der Waals surface area contributed by atoms with E-state index in [-0.39, 0.29) is 18.2 Å². The molecule has 0 unspecified atom stereocenters. The first-order chi connectivity index (χ1) is 18.1. The van der Waals surface area contributed by atoms with Crippen molar-refractivity contribution in [2.45, 2.75) is 25.3 Å². The zero-order chi connectivity index (χ0) is 25.6. The summed E-state index contributed by atoms with van der Waals surface area (Å²) in [5.74, 6) is -0.0354. The molecule has 0 bridgehead atoms. The van der Waals surface area contributed by atoms with Gasteiger partial charge in [-0.3, -0.25) is 14.5 Å². The molecule has 7 nitrogen and oxygen atoms in total. The van der Waals surface area contributed by atoms with E-state index in [4.69, 9.17) is 10.2 Å². The zero-order valence-corrected chi connectivity index (χ0v) is 20.9. The summed E-state index contributed by atoms with van der Waals surface area (Å²) in [7, 11) is 0. The number of nitriles is 1. The lowest BCUT2D eigenvalue weighted by atomic mass is 10.0. The average molecular weight is 494 g/mol. The molecule has 0 radical (unpaired) electrons. The van der Waals surface area contributed by atoms with Crippen molar-refractivity contribution in [2.75, 3.05) is 39.3 Å². The van der Waals surface area contributed by atoms with Crippen LogP contribution in [0.15, 0.2) is 72.8 Å². The Morgan fingerprint density at radius 3 is 1.84 bits per heavy atom. The number of nitrogens with zero attached hydrogens (tertiary/aromatic N) is 5. The fraction of sp³-hybridized carbons (Fsp3) is 0.333. The lowest BCUT2D eigenvalue weighted by Gasteiger charge is -2.42. The van der Waals surface area contributed by atoms with Crippen molar-refractivity contribution in [1.29, 1.82) is 5.26 Å². The Kier molecular flexibility index (Phi) is 7.57. The number of amides is 2. The molecule has 2 aromatic carbocycles. The molecule has 0 N–H and O–H groups in total. The van der Waals surface area contributed by atoms with Crippen molar-refractivity contribution < 1.29 is 9.59 Å². The van der Waals surface area contributed by atoms with Crippen LogP contribution in [-0.4, -0.2) is 76.8 Å². The predicted molar refractivity (Wildman–Crippen MR) is 142 cm³/mol. The first kappa shape index (κ1) is 24.7. The Morgan fingerprint density at radius 1 is 0.784 bits per heavy atom. The summed E-state index contributed by atoms with van der Waals surface area (Å²) < 4.78 is 0. The Morgan fingerprint density at radius 2 is 1.32 bits per heavy atom. The van der Waals surface area contributed by atoms with Crippen molar-refractivity contribution >= 4 is 11.8 Å². The van der Waals surface area contributed by atoms with Crippen LogP contribution in [0.1, 0.15) is 29.6 Å². The summed E-state index contributed by atoms with van der Waals surface area (Å²) in [6, 6.07) is 26.1. The van der Waals surface area contributed by atoms with Crippen molar-refractivity contribution in [2.24, 2.45) is 0 Å². The van der Waals surface area contributed by atoms with E-state index >= 15 is 0 Å². The van der Waals surface area contributed by atoms with Gasteiger partial charge in [-0.25, -0.2) is 4.98 Å². The van der Waals surface area contributed by atoms with Gasteiger partial charge in [-0.05, 0) is 25.0 Å². The first-order valence-corrected chi connectivity index (χ1v) is 12.9. The van der Waals surface area contributed by atoms with E-state index < -0.39 is 0 Å². The highest BCUT2D eigenvalue weighted by Gasteiger charge is 2.30. The third kappa shape index (κ3) is 5.71. The number of piperidine rings is 1. The van der Waals surface area contributed by atoms with Crippen LogP contribution in [0.25, 0.3) is 22.5 Å². The van der Waals surface area contributed by atoms with Gasteiger partial charge >= 0.3 is 0 Å². The fourth-order valence-corrected chi connectivity index (χ4v) is 5.30. The van der Waals surface area contributed by atoms with Crippen LogP contribution in [0.4, 0.5) is 0 Å². The number of hydrogen-bond donors (Lipinski definition) is 0. The molecule has 3 aromatic rings. The summed E-state index contributed by atoms with van der Waals surface area (Å²) in [5, 5.41) is 8.78. The molecule has 7 heteroatoms. The van der Waals surface area contributed by atoms with Gasteiger partial charge in [-0.1, -0.05) is 60.7 Å². The van der Waals surface area contributed by atoms with Crippen LogP contribution in [-0.2, 0) is 4.79 Å². The molecule has 2 aliphatic heterocycles. The monoisotopic (exact) mass is 493 g/mol. The summed E-state index contributed by atoms with van der Waals surface area (Å²) in [6.07, 6.45) is 1.78. The van der Waals surface area contributed by atoms with Crippen molar-refractivity contribution in [3.8, 4) is 28.6 Å². The normalized spacial score (nSPS) is 16.8. The third-order valence-corrected chi connectivity index (χ3v) is 7.38. The van der Waals surface area contributed by atoms with Crippen LogP contribution in [0.5, 0.6) is 0 Å². The van der Waals surface area contributed by atoms with Gasteiger partial charge in [-0.2, -0.15) is 5.26 Å². The number of likely N-dealkylation sites (tertiary alicyclic amines) is 1. The van der Waals surface area contributed by atoms with Crippen molar-refractivity contribution in [3.63, 3.8) is 0 Å². The summed E-state index contributed by atoms with van der Waals surface area (Å²) in [5.41, 5.74) is 4.21. The molecule has 2 aliphatic rings. The highest BCUT2D eigenvalue weighted by Crippen LogP contribution is 2.26. The molecule has 3 heterocycles. The summed E-state index contributed by atoms with van der Waals surface area (Å²) >= 11 is 0. The molecule has 2 amide bonds. The zero-order valence-electron chi connectivity index (χ0n) is 20.9. The Hall–Kier alpha value is -4.02. The standard InChI is InChI=1S/C30H31N5O2/c31-14-11-29(36)34-15-12-26(13-16-34)33-17-19-35(20-18-33)30(37)25-21-27(23-7-3-1-4-8-23)32-28(22-25)24-9-5-2-6-10-24/h1-10,21-22,26H,11-13,15-20H2. The van der Waals surface area contributed by atoms with E-state index in [0.717, 1.165) is 48.4 Å². The van der Waals surface area contributed by atoms with Crippen LogP contribution >= 0.6 is 0 Å². The predicted octanol–water partition coefficient (Wildman–Crippen LogP) is 4.08. The molecule has 0 spiro atoms. The number of hydrogen-bond acceptors (Lipinski definition) is 5. The molecule has 0 saturated carbocycles. The highest BCUT2D eigenvalue weighted by molar-refractivity contribution is 5.96. The maximum absolute atomic E-state index is 13.6. The number of carbonyl (C=O) groups is 2. The number of pyridine rings is 1. The third-order valence-electron chi connectivity index (χ3n) is 7.38. The quantitative estimate of drug-likeness (QED) is 0.535. The largest absolute Gasteiger partial charge is 0.342 e. The molecular weight excluding hydrogens is 462 g/mol. The number of benzene rings is 2. The molecule has 0 atom stereocenters. The Balaban J connectivity index is 1.27. The van der Waals surface area contributed by atoms with Crippen LogP contribution in [0.3, 0.4) is 0 Å². The molecule has 2 fully saturated rings. The summed E-state index contributed by atoms with van der Waals surface area (Å²) in [6.45, 7) is 4.40. The number of rotatable bonds is 5. The van der Waals surface area contributed by atoms with Gasteiger partial charge in [0.25, 0.3) is 5.91 Å². The van der Waals surface area contributed by atoms with E-state index in [9.17, 15) is 9.59 Å². The van der Waals surface area contributed by atoms with E-state index in [0.29, 0.717) is 37.8 Å². The second kappa shape index (κ2) is 11.4. The van der Waals surface area contributed by atoms with Gasteiger partial charge in [0.05, 0.1) is 17.5 Å². The molecule has 2 saturated heterocycles. The van der Waals surface area contributed by atoms with Crippen molar-refractivity contribution in [3.05, 3.63) is 78.4 Å². The highest BCUT2D eigenvalue weighted by atomic mass is 16.2. The minimum absolute atomic E-state index is 0.0355. The van der Waals surface area contributed by atoms with Crippen molar-refractivity contribution in [1.82, 2.24) is 19.7 Å². The van der Waals surface area contributed by atoms with Crippen LogP contribution in [0.2, 0.25) is 0 Å². The second-order valence-corrected chi connectivity index (χ2v) is 9.63. The smallest absolute Gasteiger partial charge is 0.254 e. The van der Waals surface area contributed by atoms with E-state index in [1.54, 1.807) is 4.90 Å². The maximum atomic E-state index is 13.6. The number of carbonyl (C=O) groups excluding carboxylic acids is 2. The van der Waals surface area contributed by atoms with Gasteiger partial charge in [0.15, 0.2) is 0 Å². The lowest BCUT2D eigenvalue weighted by Crippen LogP contribution is -2.54. The fourth-order valence-electron chi connectivity index (χ4n) is 5.30. The van der Waals surface area contributed by atoms with E-state index in [1.165, 1.54) is 0 Å².